The first-order valence-electron chi connectivity index (χ1n) is 8.46. The lowest BCUT2D eigenvalue weighted by molar-refractivity contribution is 0.0853. The predicted molar refractivity (Wildman–Crippen MR) is 87.7 cm³/mol. The topological polar surface area (TPSA) is 70.6 Å². The van der Waals surface area contributed by atoms with Crippen LogP contribution < -0.4 is 10.2 Å². The third kappa shape index (κ3) is 4.17. The fourth-order valence-electron chi connectivity index (χ4n) is 2.99. The molecule has 2 aliphatic heterocycles. The summed E-state index contributed by atoms with van der Waals surface area (Å²) >= 11 is 0. The van der Waals surface area contributed by atoms with Crippen molar-refractivity contribution < 1.29 is 9.53 Å². The fourth-order valence-corrected chi connectivity index (χ4v) is 2.99. The van der Waals surface area contributed by atoms with Crippen molar-refractivity contribution in [3.05, 3.63) is 18.0 Å². The van der Waals surface area contributed by atoms with Gasteiger partial charge in [-0.2, -0.15) is 0 Å². The highest BCUT2D eigenvalue weighted by Gasteiger charge is 2.20. The summed E-state index contributed by atoms with van der Waals surface area (Å²) in [4.78, 5) is 25.6. The van der Waals surface area contributed by atoms with Gasteiger partial charge < -0.3 is 19.9 Å². The first-order chi connectivity index (χ1) is 11.3. The second-order valence-electron chi connectivity index (χ2n) is 6.01. The number of ether oxygens (including phenoxy) is 1. The number of nitrogens with one attached hydrogen (secondary N) is 1. The summed E-state index contributed by atoms with van der Waals surface area (Å²) in [7, 11) is 0. The van der Waals surface area contributed by atoms with E-state index >= 15 is 0 Å². The van der Waals surface area contributed by atoms with E-state index in [0.29, 0.717) is 18.2 Å². The quantitative estimate of drug-likeness (QED) is 0.853. The minimum Gasteiger partial charge on any atom is -0.376 e. The Bertz CT molecular complexity index is 525. The average Bonchev–Trinajstić information content (AvgIpc) is 3.13. The van der Waals surface area contributed by atoms with Gasteiger partial charge in [-0.15, -0.1) is 0 Å². The van der Waals surface area contributed by atoms with Gasteiger partial charge in [-0.05, 0) is 25.5 Å². The Morgan fingerprint density at radius 2 is 2.22 bits per heavy atom. The van der Waals surface area contributed by atoms with Crippen molar-refractivity contribution in [3.8, 4) is 0 Å². The van der Waals surface area contributed by atoms with Crippen molar-refractivity contribution in [2.24, 2.45) is 0 Å². The minimum atomic E-state index is -0.156. The summed E-state index contributed by atoms with van der Waals surface area (Å²) in [6, 6.07) is 1.66. The molecule has 1 aromatic heterocycles. The summed E-state index contributed by atoms with van der Waals surface area (Å²) in [5, 5.41) is 2.91. The van der Waals surface area contributed by atoms with Crippen LogP contribution in [-0.2, 0) is 4.74 Å². The second kappa shape index (κ2) is 7.70. The summed E-state index contributed by atoms with van der Waals surface area (Å²) in [5.74, 6) is 0.488. The lowest BCUT2D eigenvalue weighted by atomic mass is 10.2. The maximum atomic E-state index is 12.3. The SMILES string of the molecule is CCN1CCN(c2nccc(C(=O)NCC3CCCO3)n2)CC1. The third-order valence-corrected chi connectivity index (χ3v) is 4.49. The summed E-state index contributed by atoms with van der Waals surface area (Å²) in [6.07, 6.45) is 3.89. The van der Waals surface area contributed by atoms with Crippen molar-refractivity contribution >= 4 is 11.9 Å². The molecule has 0 radical (unpaired) electrons. The van der Waals surface area contributed by atoms with Gasteiger partial charge in [0.1, 0.15) is 5.69 Å². The number of likely N-dealkylation sites (N-methyl/N-ethyl adjacent to an activating group) is 1. The number of hydrogen-bond acceptors (Lipinski definition) is 6. The highest BCUT2D eigenvalue weighted by Crippen LogP contribution is 2.12. The molecule has 0 aliphatic carbocycles. The molecule has 2 saturated heterocycles. The molecule has 0 aromatic carbocycles. The molecule has 2 aliphatic rings. The molecule has 3 heterocycles. The summed E-state index contributed by atoms with van der Waals surface area (Å²) < 4.78 is 5.52. The van der Waals surface area contributed by atoms with E-state index in [1.807, 2.05) is 0 Å². The number of nitrogens with zero attached hydrogens (tertiary/aromatic N) is 4. The van der Waals surface area contributed by atoms with Gasteiger partial charge in [-0.3, -0.25) is 4.79 Å². The Kier molecular flexibility index (Phi) is 5.40. The second-order valence-corrected chi connectivity index (χ2v) is 6.01. The molecule has 1 atom stereocenters. The van der Waals surface area contributed by atoms with Gasteiger partial charge in [-0.1, -0.05) is 6.92 Å². The van der Waals surface area contributed by atoms with Crippen LogP contribution in [-0.4, -0.2) is 72.8 Å². The van der Waals surface area contributed by atoms with E-state index in [2.05, 4.69) is 32.0 Å². The van der Waals surface area contributed by atoms with Gasteiger partial charge in [0.15, 0.2) is 0 Å². The molecule has 0 bridgehead atoms. The van der Waals surface area contributed by atoms with E-state index in [4.69, 9.17) is 4.74 Å². The largest absolute Gasteiger partial charge is 0.376 e. The van der Waals surface area contributed by atoms with E-state index in [9.17, 15) is 4.79 Å². The predicted octanol–water partition coefficient (Wildman–Crippen LogP) is 0.527. The van der Waals surface area contributed by atoms with Crippen LogP contribution in [0.25, 0.3) is 0 Å². The third-order valence-electron chi connectivity index (χ3n) is 4.49. The molecule has 7 heteroatoms. The molecule has 7 nitrogen and oxygen atoms in total. The normalized spacial score (nSPS) is 22.3. The van der Waals surface area contributed by atoms with Crippen molar-refractivity contribution in [1.29, 1.82) is 0 Å². The van der Waals surface area contributed by atoms with E-state index in [-0.39, 0.29) is 12.0 Å². The van der Waals surface area contributed by atoms with E-state index in [1.54, 1.807) is 12.3 Å². The molecular formula is C16H25N5O2. The van der Waals surface area contributed by atoms with Crippen molar-refractivity contribution in [3.63, 3.8) is 0 Å². The molecular weight excluding hydrogens is 294 g/mol. The fraction of sp³-hybridized carbons (Fsp3) is 0.688. The zero-order chi connectivity index (χ0) is 16.1. The zero-order valence-corrected chi connectivity index (χ0v) is 13.7. The van der Waals surface area contributed by atoms with Gasteiger partial charge in [-0.25, -0.2) is 9.97 Å². The molecule has 0 saturated carbocycles. The van der Waals surface area contributed by atoms with Crippen LogP contribution in [0.15, 0.2) is 12.3 Å². The van der Waals surface area contributed by atoms with Crippen LogP contribution in [0.2, 0.25) is 0 Å². The van der Waals surface area contributed by atoms with Crippen LogP contribution in [0.4, 0.5) is 5.95 Å². The van der Waals surface area contributed by atoms with Crippen LogP contribution in [0, 0.1) is 0 Å². The van der Waals surface area contributed by atoms with Gasteiger partial charge in [0.05, 0.1) is 6.10 Å². The molecule has 1 unspecified atom stereocenters. The number of aromatic nitrogens is 2. The number of amides is 1. The van der Waals surface area contributed by atoms with Gasteiger partial charge in [0.2, 0.25) is 5.95 Å². The first kappa shape index (κ1) is 16.1. The number of carbonyl (C=O) groups excluding carboxylic acids is 1. The van der Waals surface area contributed by atoms with Crippen molar-refractivity contribution in [2.75, 3.05) is 50.8 Å². The molecule has 23 heavy (non-hydrogen) atoms. The molecule has 1 amide bonds. The van der Waals surface area contributed by atoms with Gasteiger partial charge in [0.25, 0.3) is 5.91 Å². The van der Waals surface area contributed by atoms with Crippen LogP contribution in [0.5, 0.6) is 0 Å². The lowest BCUT2D eigenvalue weighted by Gasteiger charge is -2.34. The number of carbonyl (C=O) groups is 1. The molecule has 0 spiro atoms. The van der Waals surface area contributed by atoms with Crippen LogP contribution in [0.1, 0.15) is 30.3 Å². The van der Waals surface area contributed by atoms with Crippen molar-refractivity contribution in [1.82, 2.24) is 20.2 Å². The van der Waals surface area contributed by atoms with E-state index in [0.717, 1.165) is 52.2 Å². The summed E-state index contributed by atoms with van der Waals surface area (Å²) in [6.45, 7) is 8.40. The molecule has 1 aromatic rings. The van der Waals surface area contributed by atoms with E-state index < -0.39 is 0 Å². The minimum absolute atomic E-state index is 0.141. The van der Waals surface area contributed by atoms with Crippen LogP contribution in [0.3, 0.4) is 0 Å². The Labute approximate surface area is 137 Å². The lowest BCUT2D eigenvalue weighted by Crippen LogP contribution is -2.46. The Morgan fingerprint density at radius 3 is 2.91 bits per heavy atom. The Balaban J connectivity index is 1.57. The smallest absolute Gasteiger partial charge is 0.270 e. The number of piperazine rings is 1. The first-order valence-corrected chi connectivity index (χ1v) is 8.46. The van der Waals surface area contributed by atoms with Gasteiger partial charge in [0, 0.05) is 45.5 Å². The zero-order valence-electron chi connectivity index (χ0n) is 13.7. The molecule has 1 N–H and O–H groups in total. The maximum absolute atomic E-state index is 12.3. The monoisotopic (exact) mass is 319 g/mol. The Hall–Kier alpha value is -1.73. The van der Waals surface area contributed by atoms with Crippen molar-refractivity contribution in [2.45, 2.75) is 25.9 Å². The van der Waals surface area contributed by atoms with E-state index in [1.165, 1.54) is 0 Å². The average molecular weight is 319 g/mol. The number of hydrogen-bond donors (Lipinski definition) is 1. The molecule has 3 rings (SSSR count). The molecule has 2 fully saturated rings. The summed E-state index contributed by atoms with van der Waals surface area (Å²) in [5.41, 5.74) is 0.422. The maximum Gasteiger partial charge on any atom is 0.270 e. The highest BCUT2D eigenvalue weighted by molar-refractivity contribution is 5.92. The highest BCUT2D eigenvalue weighted by atomic mass is 16.5. The van der Waals surface area contributed by atoms with Gasteiger partial charge >= 0.3 is 0 Å². The standard InChI is InChI=1S/C16H25N5O2/c1-2-20-7-9-21(10-8-20)16-17-6-5-14(19-16)15(22)18-12-13-4-3-11-23-13/h5-6,13H,2-4,7-12H2,1H3,(H,18,22). The number of rotatable bonds is 5. The number of anilines is 1. The Morgan fingerprint density at radius 1 is 1.39 bits per heavy atom. The molecule has 126 valence electrons. The van der Waals surface area contributed by atoms with Crippen LogP contribution >= 0.6 is 0 Å².